The van der Waals surface area contributed by atoms with Gasteiger partial charge in [0, 0.05) is 17.1 Å². The molecule has 2 unspecified atom stereocenters. The van der Waals surface area contributed by atoms with Crippen molar-refractivity contribution < 1.29 is 4.74 Å². The van der Waals surface area contributed by atoms with E-state index in [2.05, 4.69) is 43.2 Å². The fraction of sp³-hybridized carbons (Fsp3) is 0.438. The summed E-state index contributed by atoms with van der Waals surface area (Å²) in [7, 11) is 1.69. The lowest BCUT2D eigenvalue weighted by Crippen LogP contribution is -2.24. The van der Waals surface area contributed by atoms with Gasteiger partial charge in [-0.25, -0.2) is 4.98 Å². The number of nitrogens with zero attached hydrogens (tertiary/aromatic N) is 1. The van der Waals surface area contributed by atoms with Crippen LogP contribution in [0.15, 0.2) is 30.5 Å². The molecule has 0 saturated carbocycles. The van der Waals surface area contributed by atoms with E-state index in [1.54, 1.807) is 18.4 Å². The van der Waals surface area contributed by atoms with Crippen molar-refractivity contribution in [3.63, 3.8) is 0 Å². The Kier molecular flexibility index (Phi) is 5.15. The van der Waals surface area contributed by atoms with Crippen LogP contribution >= 0.6 is 11.3 Å². The van der Waals surface area contributed by atoms with Gasteiger partial charge in [-0.1, -0.05) is 19.1 Å². The quantitative estimate of drug-likeness (QED) is 0.863. The predicted molar refractivity (Wildman–Crippen MR) is 84.4 cm³/mol. The Morgan fingerprint density at radius 3 is 2.50 bits per heavy atom. The minimum atomic E-state index is 0.265. The van der Waals surface area contributed by atoms with E-state index in [0.717, 1.165) is 17.2 Å². The smallest absolute Gasteiger partial charge is 0.118 e. The second kappa shape index (κ2) is 6.86. The van der Waals surface area contributed by atoms with Crippen molar-refractivity contribution in [2.75, 3.05) is 7.11 Å². The third-order valence-electron chi connectivity index (χ3n) is 3.39. The zero-order chi connectivity index (χ0) is 14.5. The first-order chi connectivity index (χ1) is 9.63. The van der Waals surface area contributed by atoms with Gasteiger partial charge in [0.25, 0.3) is 0 Å². The lowest BCUT2D eigenvalue weighted by atomic mass is 10.0. The van der Waals surface area contributed by atoms with Crippen molar-refractivity contribution in [2.45, 2.75) is 39.3 Å². The molecule has 0 bridgehead atoms. The number of benzene rings is 1. The summed E-state index contributed by atoms with van der Waals surface area (Å²) >= 11 is 1.76. The molecular formula is C16H22N2OS. The van der Waals surface area contributed by atoms with Crippen molar-refractivity contribution in [2.24, 2.45) is 0 Å². The van der Waals surface area contributed by atoms with E-state index in [-0.39, 0.29) is 6.04 Å². The van der Waals surface area contributed by atoms with Crippen LogP contribution in [0.5, 0.6) is 5.75 Å². The van der Waals surface area contributed by atoms with Gasteiger partial charge in [-0.3, -0.25) is 0 Å². The minimum Gasteiger partial charge on any atom is -0.497 e. The van der Waals surface area contributed by atoms with Gasteiger partial charge in [0.15, 0.2) is 0 Å². The molecule has 1 heterocycles. The molecule has 1 aromatic carbocycles. The Labute approximate surface area is 125 Å². The van der Waals surface area contributed by atoms with Crippen molar-refractivity contribution in [1.29, 1.82) is 0 Å². The average Bonchev–Trinajstić information content (AvgIpc) is 2.91. The van der Waals surface area contributed by atoms with E-state index in [9.17, 15) is 0 Å². The summed E-state index contributed by atoms with van der Waals surface area (Å²) in [4.78, 5) is 5.72. The summed E-state index contributed by atoms with van der Waals surface area (Å²) in [5.74, 6) is 0.896. The van der Waals surface area contributed by atoms with Crippen molar-refractivity contribution in [1.82, 2.24) is 10.3 Å². The lowest BCUT2D eigenvalue weighted by Gasteiger charge is -2.21. The molecule has 2 aromatic rings. The van der Waals surface area contributed by atoms with E-state index in [1.807, 2.05) is 18.3 Å². The maximum absolute atomic E-state index is 5.21. The molecule has 1 N–H and O–H groups in total. The van der Waals surface area contributed by atoms with Crippen molar-refractivity contribution >= 4 is 11.3 Å². The van der Waals surface area contributed by atoms with Crippen LogP contribution in [0.25, 0.3) is 0 Å². The zero-order valence-electron chi connectivity index (χ0n) is 12.5. The largest absolute Gasteiger partial charge is 0.497 e. The maximum atomic E-state index is 5.21. The highest BCUT2D eigenvalue weighted by Gasteiger charge is 2.15. The molecule has 20 heavy (non-hydrogen) atoms. The van der Waals surface area contributed by atoms with Gasteiger partial charge in [0.1, 0.15) is 10.8 Å². The van der Waals surface area contributed by atoms with Crippen molar-refractivity contribution in [3.05, 3.63) is 45.9 Å². The molecule has 2 atom stereocenters. The Balaban J connectivity index is 2.07. The molecule has 0 aliphatic heterocycles. The lowest BCUT2D eigenvalue weighted by molar-refractivity contribution is 0.413. The fourth-order valence-electron chi connectivity index (χ4n) is 2.23. The number of rotatable bonds is 6. The number of methoxy groups -OCH3 is 1. The summed E-state index contributed by atoms with van der Waals surface area (Å²) in [6.07, 6.45) is 2.98. The Hall–Kier alpha value is -1.39. The van der Waals surface area contributed by atoms with E-state index < -0.39 is 0 Å². The van der Waals surface area contributed by atoms with Gasteiger partial charge < -0.3 is 10.1 Å². The third-order valence-corrected chi connectivity index (χ3v) is 4.48. The maximum Gasteiger partial charge on any atom is 0.118 e. The van der Waals surface area contributed by atoms with E-state index in [4.69, 9.17) is 4.74 Å². The highest BCUT2D eigenvalue weighted by molar-refractivity contribution is 7.11. The molecule has 2 rings (SSSR count). The molecule has 0 amide bonds. The fourth-order valence-corrected chi connectivity index (χ4v) is 3.02. The van der Waals surface area contributed by atoms with Crippen LogP contribution in [0.2, 0.25) is 0 Å². The van der Waals surface area contributed by atoms with Gasteiger partial charge in [-0.05, 0) is 38.0 Å². The second-order valence-corrected chi connectivity index (χ2v) is 6.20. The third kappa shape index (κ3) is 3.58. The van der Waals surface area contributed by atoms with Crippen LogP contribution in [0, 0.1) is 6.92 Å². The first-order valence-corrected chi connectivity index (χ1v) is 7.78. The van der Waals surface area contributed by atoms with E-state index in [1.165, 1.54) is 10.4 Å². The van der Waals surface area contributed by atoms with Gasteiger partial charge >= 0.3 is 0 Å². The number of hydrogen-bond acceptors (Lipinski definition) is 4. The van der Waals surface area contributed by atoms with Gasteiger partial charge in [-0.15, -0.1) is 11.3 Å². The highest BCUT2D eigenvalue weighted by atomic mass is 32.1. The van der Waals surface area contributed by atoms with Crippen LogP contribution in [-0.2, 0) is 0 Å². The molecule has 0 aliphatic rings. The summed E-state index contributed by atoms with van der Waals surface area (Å²) in [6, 6.07) is 8.87. The monoisotopic (exact) mass is 290 g/mol. The Bertz CT molecular complexity index is 536. The molecule has 0 fully saturated rings. The van der Waals surface area contributed by atoms with Crippen LogP contribution < -0.4 is 10.1 Å². The van der Waals surface area contributed by atoms with Crippen LogP contribution in [-0.4, -0.2) is 12.1 Å². The minimum absolute atomic E-state index is 0.265. The first-order valence-electron chi connectivity index (χ1n) is 6.96. The van der Waals surface area contributed by atoms with Crippen molar-refractivity contribution in [3.8, 4) is 5.75 Å². The van der Waals surface area contributed by atoms with E-state index in [0.29, 0.717) is 6.04 Å². The molecule has 0 radical (unpaired) electrons. The standard InChI is InChI=1S/C16H22N2OS/c1-5-15(13-6-8-14(19-4)9-7-13)18-12(3)16-17-10-11(2)20-16/h6-10,12,15,18H,5H2,1-4H3. The summed E-state index contributed by atoms with van der Waals surface area (Å²) in [5.41, 5.74) is 1.29. The molecule has 3 nitrogen and oxygen atoms in total. The molecule has 0 aliphatic carbocycles. The molecule has 108 valence electrons. The average molecular weight is 290 g/mol. The normalized spacial score (nSPS) is 14.0. The van der Waals surface area contributed by atoms with E-state index >= 15 is 0 Å². The number of ether oxygens (including phenoxy) is 1. The number of hydrogen-bond donors (Lipinski definition) is 1. The number of thiazole rings is 1. The molecule has 4 heteroatoms. The summed E-state index contributed by atoms with van der Waals surface area (Å²) in [5, 5.41) is 4.80. The number of aromatic nitrogens is 1. The summed E-state index contributed by atoms with van der Waals surface area (Å²) < 4.78 is 5.21. The molecular weight excluding hydrogens is 268 g/mol. The highest BCUT2D eigenvalue weighted by Crippen LogP contribution is 2.25. The second-order valence-electron chi connectivity index (χ2n) is 4.93. The van der Waals surface area contributed by atoms with Gasteiger partial charge in [0.05, 0.1) is 13.2 Å². The number of nitrogens with one attached hydrogen (secondary N) is 1. The molecule has 0 saturated heterocycles. The predicted octanol–water partition coefficient (Wildman–Crippen LogP) is 4.26. The molecule has 1 aromatic heterocycles. The van der Waals surface area contributed by atoms with Crippen LogP contribution in [0.1, 0.15) is 47.8 Å². The zero-order valence-corrected chi connectivity index (χ0v) is 13.3. The molecule has 0 spiro atoms. The SMILES string of the molecule is CCC(NC(C)c1ncc(C)s1)c1ccc(OC)cc1. The Morgan fingerprint density at radius 1 is 1.30 bits per heavy atom. The first kappa shape index (κ1) is 15.0. The number of aryl methyl sites for hydroxylation is 1. The topological polar surface area (TPSA) is 34.2 Å². The Morgan fingerprint density at radius 2 is 2.00 bits per heavy atom. The summed E-state index contributed by atoms with van der Waals surface area (Å²) in [6.45, 7) is 6.46. The van der Waals surface area contributed by atoms with Gasteiger partial charge in [0.2, 0.25) is 0 Å². The van der Waals surface area contributed by atoms with Crippen LogP contribution in [0.3, 0.4) is 0 Å². The van der Waals surface area contributed by atoms with Crippen LogP contribution in [0.4, 0.5) is 0 Å². The van der Waals surface area contributed by atoms with Gasteiger partial charge in [-0.2, -0.15) is 0 Å².